The molecule has 1 aromatic heterocycles. The maximum Gasteiger partial charge on any atom is 0.237 e. The van der Waals surface area contributed by atoms with E-state index in [4.69, 9.17) is 5.84 Å². The lowest BCUT2D eigenvalue weighted by molar-refractivity contribution is -0.115. The zero-order chi connectivity index (χ0) is 17.4. The van der Waals surface area contributed by atoms with Crippen LogP contribution in [0.25, 0.3) is 0 Å². The number of benzene rings is 1. The van der Waals surface area contributed by atoms with E-state index in [9.17, 15) is 18.0 Å². The normalized spacial score (nSPS) is 15.3. The smallest absolute Gasteiger partial charge is 0.237 e. The van der Waals surface area contributed by atoms with Crippen molar-refractivity contribution in [2.24, 2.45) is 0 Å². The number of nitrogens with zero attached hydrogens (tertiary/aromatic N) is 3. The predicted octanol–water partition coefficient (Wildman–Crippen LogP) is 2.41. The molecule has 0 unspecified atom stereocenters. The summed E-state index contributed by atoms with van der Waals surface area (Å²) in [4.78, 5) is 12.1. The number of nitrogens with two attached hydrogens (primary N) is 1. The number of halogens is 3. The highest BCUT2D eigenvalue weighted by Gasteiger charge is 2.30. The van der Waals surface area contributed by atoms with Gasteiger partial charge in [0.05, 0.1) is 10.9 Å². The molecule has 6 nitrogen and oxygen atoms in total. The maximum atomic E-state index is 13.6. The Morgan fingerprint density at radius 3 is 2.71 bits per heavy atom. The van der Waals surface area contributed by atoms with E-state index in [2.05, 4.69) is 15.5 Å². The molecule has 0 radical (unpaired) electrons. The second-order valence-electron chi connectivity index (χ2n) is 5.46. The van der Waals surface area contributed by atoms with Gasteiger partial charge in [-0.25, -0.2) is 17.8 Å². The fraction of sp³-hybridized carbons (Fsp3) is 0.357. The third-order valence-electron chi connectivity index (χ3n) is 3.58. The van der Waals surface area contributed by atoms with Crippen molar-refractivity contribution in [2.75, 3.05) is 11.2 Å². The van der Waals surface area contributed by atoms with Crippen molar-refractivity contribution in [1.82, 2.24) is 14.9 Å². The Morgan fingerprint density at radius 1 is 1.33 bits per heavy atom. The second kappa shape index (κ2) is 6.34. The molecule has 1 saturated carbocycles. The number of hydrogen-bond acceptors (Lipinski definition) is 5. The van der Waals surface area contributed by atoms with E-state index in [1.807, 2.05) is 0 Å². The monoisotopic (exact) mass is 357 g/mol. The number of anilines is 1. The largest absolute Gasteiger partial charge is 0.336 e. The number of amides is 1. The number of carbonyl (C=O) groups is 1. The fourth-order valence-corrected chi connectivity index (χ4v) is 2.83. The van der Waals surface area contributed by atoms with Crippen LogP contribution in [0.15, 0.2) is 17.3 Å². The third-order valence-corrected chi connectivity index (χ3v) is 4.63. The van der Waals surface area contributed by atoms with E-state index in [1.54, 1.807) is 6.92 Å². The van der Waals surface area contributed by atoms with Gasteiger partial charge in [0, 0.05) is 5.92 Å². The molecule has 1 aliphatic carbocycles. The van der Waals surface area contributed by atoms with E-state index < -0.39 is 34.3 Å². The van der Waals surface area contributed by atoms with Crippen LogP contribution in [-0.2, 0) is 4.79 Å². The summed E-state index contributed by atoms with van der Waals surface area (Å²) in [5.41, 5.74) is -0.431. The number of carbonyl (C=O) groups excluding carboxylic acids is 1. The molecule has 1 aromatic carbocycles. The summed E-state index contributed by atoms with van der Waals surface area (Å²) in [5, 5.41) is 9.80. The molecular weight excluding hydrogens is 343 g/mol. The zero-order valence-electron chi connectivity index (χ0n) is 12.6. The molecule has 3 rings (SSSR count). The van der Waals surface area contributed by atoms with Gasteiger partial charge in [0.25, 0.3) is 0 Å². The number of nitrogen functional groups attached to an aromatic ring is 1. The first-order valence-corrected chi connectivity index (χ1v) is 8.08. The van der Waals surface area contributed by atoms with Gasteiger partial charge in [-0.3, -0.25) is 4.79 Å². The number of thioether (sulfide) groups is 1. The number of aromatic nitrogens is 3. The molecule has 0 aliphatic heterocycles. The SMILES string of the molecule is C[C@@H](Sc1nnc(C2CC2)n1N)C(=O)Nc1ccc(F)c(F)c1F. The average molecular weight is 357 g/mol. The first-order valence-electron chi connectivity index (χ1n) is 7.20. The van der Waals surface area contributed by atoms with Gasteiger partial charge in [-0.05, 0) is 31.9 Å². The minimum absolute atomic E-state index is 0.303. The maximum absolute atomic E-state index is 13.6. The average Bonchev–Trinajstić information content (AvgIpc) is 3.33. The first kappa shape index (κ1) is 16.6. The Bertz CT molecular complexity index is 793. The molecule has 1 fully saturated rings. The van der Waals surface area contributed by atoms with Gasteiger partial charge < -0.3 is 11.2 Å². The van der Waals surface area contributed by atoms with Gasteiger partial charge >= 0.3 is 0 Å². The highest BCUT2D eigenvalue weighted by atomic mass is 32.2. The topological polar surface area (TPSA) is 85.8 Å². The van der Waals surface area contributed by atoms with Crippen molar-refractivity contribution in [3.05, 3.63) is 35.4 Å². The van der Waals surface area contributed by atoms with Crippen LogP contribution in [0.1, 0.15) is 31.5 Å². The number of rotatable bonds is 5. The quantitative estimate of drug-likeness (QED) is 0.488. The van der Waals surface area contributed by atoms with Crippen molar-refractivity contribution >= 4 is 23.4 Å². The van der Waals surface area contributed by atoms with Gasteiger partial charge in [-0.2, -0.15) is 0 Å². The molecule has 0 saturated heterocycles. The van der Waals surface area contributed by atoms with Crippen LogP contribution in [0.5, 0.6) is 0 Å². The lowest BCUT2D eigenvalue weighted by Gasteiger charge is -2.12. The lowest BCUT2D eigenvalue weighted by Crippen LogP contribution is -2.24. The molecule has 1 heterocycles. The molecule has 2 aromatic rings. The Hall–Kier alpha value is -2.23. The summed E-state index contributed by atoms with van der Waals surface area (Å²) in [6, 6.07) is 1.70. The molecule has 1 atom stereocenters. The molecule has 10 heteroatoms. The van der Waals surface area contributed by atoms with Crippen molar-refractivity contribution in [1.29, 1.82) is 0 Å². The Morgan fingerprint density at radius 2 is 2.04 bits per heavy atom. The van der Waals surface area contributed by atoms with E-state index in [0.29, 0.717) is 16.9 Å². The summed E-state index contributed by atoms with van der Waals surface area (Å²) in [5.74, 6) is 1.86. The van der Waals surface area contributed by atoms with E-state index in [0.717, 1.165) is 36.7 Å². The Labute approximate surface area is 139 Å². The minimum Gasteiger partial charge on any atom is -0.336 e. The van der Waals surface area contributed by atoms with Crippen LogP contribution in [0.2, 0.25) is 0 Å². The van der Waals surface area contributed by atoms with Crippen molar-refractivity contribution in [3.63, 3.8) is 0 Å². The van der Waals surface area contributed by atoms with Crippen molar-refractivity contribution in [3.8, 4) is 0 Å². The first-order chi connectivity index (χ1) is 11.4. The van der Waals surface area contributed by atoms with E-state index >= 15 is 0 Å². The summed E-state index contributed by atoms with van der Waals surface area (Å²) in [6.07, 6.45) is 2.01. The molecule has 1 aliphatic rings. The minimum atomic E-state index is -1.64. The summed E-state index contributed by atoms with van der Waals surface area (Å²) in [6.45, 7) is 1.56. The van der Waals surface area contributed by atoms with Crippen LogP contribution >= 0.6 is 11.8 Å². The van der Waals surface area contributed by atoms with Gasteiger partial charge in [-0.1, -0.05) is 11.8 Å². The van der Waals surface area contributed by atoms with Crippen molar-refractivity contribution in [2.45, 2.75) is 36.1 Å². The van der Waals surface area contributed by atoms with Crippen LogP contribution in [0, 0.1) is 17.5 Å². The molecule has 3 N–H and O–H groups in total. The highest BCUT2D eigenvalue weighted by molar-refractivity contribution is 8.00. The zero-order valence-corrected chi connectivity index (χ0v) is 13.4. The molecular formula is C14H14F3N5OS. The van der Waals surface area contributed by atoms with Crippen LogP contribution in [0.3, 0.4) is 0 Å². The van der Waals surface area contributed by atoms with E-state index in [-0.39, 0.29) is 0 Å². The standard InChI is InChI=1S/C14H14F3N5OS/c1-6(24-14-21-20-12(22(14)18)7-2-3-7)13(23)19-9-5-4-8(15)10(16)11(9)17/h4-7H,2-3,18H2,1H3,(H,19,23)/t6-/m1/s1. The third kappa shape index (κ3) is 3.18. The van der Waals surface area contributed by atoms with Crippen LogP contribution in [0.4, 0.5) is 18.9 Å². The lowest BCUT2D eigenvalue weighted by atomic mass is 10.2. The van der Waals surface area contributed by atoms with Crippen LogP contribution in [-0.4, -0.2) is 26.0 Å². The van der Waals surface area contributed by atoms with Gasteiger partial charge in [0.15, 0.2) is 23.3 Å². The Kier molecular flexibility index (Phi) is 4.39. The summed E-state index contributed by atoms with van der Waals surface area (Å²) in [7, 11) is 0. The molecule has 128 valence electrons. The summed E-state index contributed by atoms with van der Waals surface area (Å²) < 4.78 is 41.0. The van der Waals surface area contributed by atoms with Gasteiger partial charge in [0.2, 0.25) is 11.1 Å². The molecule has 0 bridgehead atoms. The molecule has 0 spiro atoms. The summed E-state index contributed by atoms with van der Waals surface area (Å²) >= 11 is 1.04. The molecule has 1 amide bonds. The fourth-order valence-electron chi connectivity index (χ4n) is 2.06. The van der Waals surface area contributed by atoms with Crippen LogP contribution < -0.4 is 11.2 Å². The second-order valence-corrected chi connectivity index (χ2v) is 6.77. The number of nitrogens with one attached hydrogen (secondary N) is 1. The molecule has 24 heavy (non-hydrogen) atoms. The van der Waals surface area contributed by atoms with Crippen molar-refractivity contribution < 1.29 is 18.0 Å². The Balaban J connectivity index is 1.68. The van der Waals surface area contributed by atoms with Gasteiger partial charge in [-0.15, -0.1) is 10.2 Å². The van der Waals surface area contributed by atoms with E-state index in [1.165, 1.54) is 4.68 Å². The van der Waals surface area contributed by atoms with Gasteiger partial charge in [0.1, 0.15) is 0 Å². The number of hydrogen-bond donors (Lipinski definition) is 2. The predicted molar refractivity (Wildman–Crippen MR) is 82.4 cm³/mol. The highest BCUT2D eigenvalue weighted by Crippen LogP contribution is 2.39.